The van der Waals surface area contributed by atoms with Gasteiger partial charge >= 0.3 is 0 Å². The Morgan fingerprint density at radius 3 is 2.80 bits per heavy atom. The van der Waals surface area contributed by atoms with E-state index in [0.29, 0.717) is 30.2 Å². The number of methoxy groups -OCH3 is 2. The highest BCUT2D eigenvalue weighted by Gasteiger charge is 2.29. The molecule has 0 spiro atoms. The summed E-state index contributed by atoms with van der Waals surface area (Å²) in [4.78, 5) is 23.9. The van der Waals surface area contributed by atoms with Crippen LogP contribution in [0.3, 0.4) is 0 Å². The first-order chi connectivity index (χ1) is 9.65. The Labute approximate surface area is 117 Å². The lowest BCUT2D eigenvalue weighted by atomic mass is 9.97. The highest BCUT2D eigenvalue weighted by Crippen LogP contribution is 2.29. The van der Waals surface area contributed by atoms with Gasteiger partial charge in [0.15, 0.2) is 0 Å². The van der Waals surface area contributed by atoms with Crippen LogP contribution in [0.15, 0.2) is 18.2 Å². The second-order valence-corrected chi connectivity index (χ2v) is 4.54. The summed E-state index contributed by atoms with van der Waals surface area (Å²) in [6, 6.07) is 5.11. The average molecular weight is 278 g/mol. The van der Waals surface area contributed by atoms with E-state index in [1.165, 1.54) is 7.11 Å². The predicted molar refractivity (Wildman–Crippen MR) is 73.9 cm³/mol. The normalized spacial score (nSPS) is 18.1. The molecule has 1 aromatic rings. The van der Waals surface area contributed by atoms with E-state index in [0.717, 1.165) is 6.42 Å². The summed E-state index contributed by atoms with van der Waals surface area (Å²) >= 11 is 0. The highest BCUT2D eigenvalue weighted by molar-refractivity contribution is 6.07. The van der Waals surface area contributed by atoms with E-state index in [-0.39, 0.29) is 11.8 Å². The SMILES string of the molecule is COc1ccc(OC)c(NC(=O)[C@H]2CCCNC2=O)c1. The number of rotatable bonds is 4. The lowest BCUT2D eigenvalue weighted by Gasteiger charge is -2.21. The van der Waals surface area contributed by atoms with Crippen molar-refractivity contribution < 1.29 is 19.1 Å². The van der Waals surface area contributed by atoms with Crippen LogP contribution < -0.4 is 20.1 Å². The van der Waals surface area contributed by atoms with Crippen LogP contribution in [0.25, 0.3) is 0 Å². The zero-order valence-electron chi connectivity index (χ0n) is 11.6. The quantitative estimate of drug-likeness (QED) is 0.811. The molecule has 6 heteroatoms. The molecule has 1 saturated heterocycles. The van der Waals surface area contributed by atoms with Crippen LogP contribution in [0.5, 0.6) is 11.5 Å². The first-order valence-corrected chi connectivity index (χ1v) is 6.46. The number of hydrogen-bond acceptors (Lipinski definition) is 4. The maximum atomic E-state index is 12.2. The number of anilines is 1. The molecule has 0 bridgehead atoms. The van der Waals surface area contributed by atoms with Gasteiger partial charge in [-0.1, -0.05) is 0 Å². The van der Waals surface area contributed by atoms with Gasteiger partial charge in [0.05, 0.1) is 19.9 Å². The lowest BCUT2D eigenvalue weighted by Crippen LogP contribution is -2.42. The fraction of sp³-hybridized carbons (Fsp3) is 0.429. The van der Waals surface area contributed by atoms with Crippen molar-refractivity contribution in [3.63, 3.8) is 0 Å². The van der Waals surface area contributed by atoms with Crippen LogP contribution in [0.2, 0.25) is 0 Å². The molecule has 2 amide bonds. The van der Waals surface area contributed by atoms with Gasteiger partial charge in [0.25, 0.3) is 0 Å². The van der Waals surface area contributed by atoms with Crippen LogP contribution in [0.4, 0.5) is 5.69 Å². The zero-order valence-corrected chi connectivity index (χ0v) is 11.6. The van der Waals surface area contributed by atoms with Gasteiger partial charge in [-0.25, -0.2) is 0 Å². The summed E-state index contributed by atoms with van der Waals surface area (Å²) in [6.07, 6.45) is 1.36. The molecule has 0 aliphatic carbocycles. The Kier molecular flexibility index (Phi) is 4.45. The first kappa shape index (κ1) is 14.2. The number of amides is 2. The standard InChI is InChI=1S/C14H18N2O4/c1-19-9-5-6-12(20-2)11(8-9)16-14(18)10-4-3-7-15-13(10)17/h5-6,8,10H,3-4,7H2,1-2H3,(H,15,17)(H,16,18)/t10-/m0/s1. The Bertz CT molecular complexity index is 516. The van der Waals surface area contributed by atoms with E-state index in [1.807, 2.05) is 0 Å². The number of nitrogens with one attached hydrogen (secondary N) is 2. The average Bonchev–Trinajstić information content (AvgIpc) is 2.47. The third-order valence-corrected chi connectivity index (χ3v) is 3.27. The largest absolute Gasteiger partial charge is 0.497 e. The minimum Gasteiger partial charge on any atom is -0.497 e. The van der Waals surface area contributed by atoms with Gasteiger partial charge in [-0.2, -0.15) is 0 Å². The van der Waals surface area contributed by atoms with Crippen molar-refractivity contribution in [2.45, 2.75) is 12.8 Å². The van der Waals surface area contributed by atoms with Gasteiger partial charge in [-0.05, 0) is 25.0 Å². The van der Waals surface area contributed by atoms with Crippen molar-refractivity contribution in [3.05, 3.63) is 18.2 Å². The Hall–Kier alpha value is -2.24. The maximum Gasteiger partial charge on any atom is 0.237 e. The van der Waals surface area contributed by atoms with E-state index in [4.69, 9.17) is 9.47 Å². The molecular formula is C14H18N2O4. The van der Waals surface area contributed by atoms with Crippen LogP contribution in [-0.4, -0.2) is 32.6 Å². The van der Waals surface area contributed by atoms with E-state index >= 15 is 0 Å². The molecule has 2 rings (SSSR count). The highest BCUT2D eigenvalue weighted by atomic mass is 16.5. The molecule has 0 unspecified atom stereocenters. The van der Waals surface area contributed by atoms with Gasteiger partial charge in [-0.15, -0.1) is 0 Å². The number of benzene rings is 1. The summed E-state index contributed by atoms with van der Waals surface area (Å²) in [5.74, 6) is -0.0754. The summed E-state index contributed by atoms with van der Waals surface area (Å²) in [7, 11) is 3.06. The Morgan fingerprint density at radius 1 is 1.35 bits per heavy atom. The summed E-state index contributed by atoms with van der Waals surface area (Å²) in [5, 5.41) is 5.43. The minimum atomic E-state index is -0.653. The lowest BCUT2D eigenvalue weighted by molar-refractivity contribution is -0.134. The number of hydrogen-bond donors (Lipinski definition) is 2. The Balaban J connectivity index is 2.15. The minimum absolute atomic E-state index is 0.226. The van der Waals surface area contributed by atoms with E-state index in [2.05, 4.69) is 10.6 Å². The van der Waals surface area contributed by atoms with Gasteiger partial charge in [0.2, 0.25) is 11.8 Å². The fourth-order valence-electron chi connectivity index (χ4n) is 2.15. The maximum absolute atomic E-state index is 12.2. The summed E-state index contributed by atoms with van der Waals surface area (Å²) in [6.45, 7) is 0.630. The van der Waals surface area contributed by atoms with Crippen LogP contribution in [0, 0.1) is 5.92 Å². The predicted octanol–water partition coefficient (Wildman–Crippen LogP) is 1.17. The van der Waals surface area contributed by atoms with Crippen LogP contribution in [-0.2, 0) is 9.59 Å². The van der Waals surface area contributed by atoms with Crippen molar-refractivity contribution >= 4 is 17.5 Å². The van der Waals surface area contributed by atoms with E-state index in [9.17, 15) is 9.59 Å². The molecular weight excluding hydrogens is 260 g/mol. The van der Waals surface area contributed by atoms with E-state index in [1.54, 1.807) is 25.3 Å². The third kappa shape index (κ3) is 3.01. The first-order valence-electron chi connectivity index (χ1n) is 6.46. The number of piperidine rings is 1. The molecule has 1 atom stereocenters. The molecule has 108 valence electrons. The number of carbonyl (C=O) groups is 2. The molecule has 0 aromatic heterocycles. The van der Waals surface area contributed by atoms with Crippen LogP contribution in [0.1, 0.15) is 12.8 Å². The molecule has 0 radical (unpaired) electrons. The monoisotopic (exact) mass is 278 g/mol. The van der Waals surface area contributed by atoms with Gasteiger partial charge in [0.1, 0.15) is 17.4 Å². The number of ether oxygens (including phenoxy) is 2. The molecule has 1 aromatic carbocycles. The second kappa shape index (κ2) is 6.27. The van der Waals surface area contributed by atoms with Crippen molar-refractivity contribution in [3.8, 4) is 11.5 Å². The summed E-state index contributed by atoms with van der Waals surface area (Å²) < 4.78 is 10.3. The van der Waals surface area contributed by atoms with E-state index < -0.39 is 5.92 Å². The number of carbonyl (C=O) groups excluding carboxylic acids is 2. The fourth-order valence-corrected chi connectivity index (χ4v) is 2.15. The topological polar surface area (TPSA) is 76.7 Å². The van der Waals surface area contributed by atoms with Gasteiger partial charge in [0, 0.05) is 12.6 Å². The molecule has 1 heterocycles. The van der Waals surface area contributed by atoms with Crippen molar-refractivity contribution in [2.75, 3.05) is 26.1 Å². The molecule has 2 N–H and O–H groups in total. The van der Waals surface area contributed by atoms with Gasteiger partial charge in [-0.3, -0.25) is 9.59 Å². The third-order valence-electron chi connectivity index (χ3n) is 3.27. The molecule has 6 nitrogen and oxygen atoms in total. The van der Waals surface area contributed by atoms with Gasteiger partial charge < -0.3 is 20.1 Å². The molecule has 1 aliphatic heterocycles. The van der Waals surface area contributed by atoms with Crippen molar-refractivity contribution in [1.82, 2.24) is 5.32 Å². The smallest absolute Gasteiger partial charge is 0.237 e. The van der Waals surface area contributed by atoms with Crippen molar-refractivity contribution in [1.29, 1.82) is 0 Å². The zero-order chi connectivity index (χ0) is 14.5. The molecule has 1 aliphatic rings. The second-order valence-electron chi connectivity index (χ2n) is 4.54. The molecule has 0 saturated carbocycles. The molecule has 20 heavy (non-hydrogen) atoms. The van der Waals surface area contributed by atoms with Crippen molar-refractivity contribution in [2.24, 2.45) is 5.92 Å². The van der Waals surface area contributed by atoms with Crippen LogP contribution >= 0.6 is 0 Å². The Morgan fingerprint density at radius 2 is 2.15 bits per heavy atom. The molecule has 1 fully saturated rings. The summed E-state index contributed by atoms with van der Waals surface area (Å²) in [5.41, 5.74) is 0.496.